The third-order valence-corrected chi connectivity index (χ3v) is 5.09. The lowest BCUT2D eigenvalue weighted by molar-refractivity contribution is 0.334. The minimum Gasteiger partial charge on any atom is -0.382 e. The molecule has 4 N–H and O–H groups in total. The van der Waals surface area contributed by atoms with Crippen LogP contribution in [0.3, 0.4) is 0 Å². The van der Waals surface area contributed by atoms with E-state index >= 15 is 0 Å². The van der Waals surface area contributed by atoms with E-state index in [9.17, 15) is 0 Å². The third-order valence-electron chi connectivity index (χ3n) is 4.17. The zero-order valence-corrected chi connectivity index (χ0v) is 14.3. The Bertz CT molecular complexity index is 662. The Balaban J connectivity index is 1.71. The molecule has 0 aromatic heterocycles. The number of thioether (sulfide) groups is 1. The van der Waals surface area contributed by atoms with Crippen molar-refractivity contribution in [2.24, 2.45) is 5.73 Å². The molecule has 2 aromatic carbocycles. The van der Waals surface area contributed by atoms with E-state index in [1.54, 1.807) is 11.8 Å². The van der Waals surface area contributed by atoms with Gasteiger partial charge >= 0.3 is 0 Å². The van der Waals surface area contributed by atoms with Crippen LogP contribution in [0.4, 0.5) is 5.69 Å². The van der Waals surface area contributed by atoms with E-state index in [4.69, 9.17) is 10.6 Å². The molecular formula is C18H23N3OS. The van der Waals surface area contributed by atoms with Gasteiger partial charge in [0.1, 0.15) is 5.50 Å². The van der Waals surface area contributed by atoms with Gasteiger partial charge in [0.05, 0.1) is 5.69 Å². The highest BCUT2D eigenvalue weighted by atomic mass is 32.2. The Morgan fingerprint density at radius 2 is 2.04 bits per heavy atom. The summed E-state index contributed by atoms with van der Waals surface area (Å²) in [5.74, 6) is 1.84. The number of hydrogen-bond acceptors (Lipinski definition) is 5. The van der Waals surface area contributed by atoms with E-state index in [1.807, 2.05) is 36.4 Å². The second-order valence-electron chi connectivity index (χ2n) is 6.12. The number of hydrogen-bond donors (Lipinski definition) is 3. The molecule has 0 bridgehead atoms. The normalized spacial score (nSPS) is 24.2. The zero-order valence-electron chi connectivity index (χ0n) is 13.5. The Labute approximate surface area is 141 Å². The molecule has 0 amide bonds. The Kier molecular flexibility index (Phi) is 4.80. The molecule has 1 fully saturated rings. The topological polar surface area (TPSA) is 59.3 Å². The van der Waals surface area contributed by atoms with Crippen LogP contribution in [0.25, 0.3) is 0 Å². The Morgan fingerprint density at radius 1 is 1.26 bits per heavy atom. The van der Waals surface area contributed by atoms with E-state index in [0.29, 0.717) is 0 Å². The largest absolute Gasteiger partial charge is 0.382 e. The molecule has 4 nitrogen and oxygen atoms in total. The van der Waals surface area contributed by atoms with E-state index in [0.717, 1.165) is 23.6 Å². The summed E-state index contributed by atoms with van der Waals surface area (Å²) in [5, 5.41) is 3.48. The predicted octanol–water partition coefficient (Wildman–Crippen LogP) is 3.58. The van der Waals surface area contributed by atoms with Gasteiger partial charge in [-0.1, -0.05) is 29.8 Å². The van der Waals surface area contributed by atoms with Crippen molar-refractivity contribution >= 4 is 17.4 Å². The monoisotopic (exact) mass is 329 g/mol. The second kappa shape index (κ2) is 6.83. The van der Waals surface area contributed by atoms with Crippen molar-refractivity contribution in [1.82, 2.24) is 5.32 Å². The van der Waals surface area contributed by atoms with Crippen LogP contribution in [-0.4, -0.2) is 11.3 Å². The molecule has 0 spiro atoms. The van der Waals surface area contributed by atoms with Gasteiger partial charge in [-0.3, -0.25) is 5.32 Å². The summed E-state index contributed by atoms with van der Waals surface area (Å²) >= 11 is 1.75. The molecule has 0 saturated carbocycles. The first kappa shape index (κ1) is 16.2. The van der Waals surface area contributed by atoms with Crippen molar-refractivity contribution in [3.8, 4) is 5.75 Å². The van der Waals surface area contributed by atoms with Crippen LogP contribution in [0.2, 0.25) is 0 Å². The lowest BCUT2D eigenvalue weighted by Gasteiger charge is -2.38. The van der Waals surface area contributed by atoms with Gasteiger partial charge in [-0.25, -0.2) is 5.48 Å². The fraction of sp³-hybridized carbons (Fsp3) is 0.333. The highest BCUT2D eigenvalue weighted by Crippen LogP contribution is 2.33. The van der Waals surface area contributed by atoms with Gasteiger partial charge in [-0.15, -0.1) is 11.8 Å². The maximum Gasteiger partial charge on any atom is 0.155 e. The molecular weight excluding hydrogens is 306 g/mol. The van der Waals surface area contributed by atoms with Gasteiger partial charge in [0.25, 0.3) is 0 Å². The first-order valence-corrected chi connectivity index (χ1v) is 8.85. The first-order chi connectivity index (χ1) is 11.0. The van der Waals surface area contributed by atoms with Gasteiger partial charge in [0.2, 0.25) is 0 Å². The van der Waals surface area contributed by atoms with Gasteiger partial charge in [0.15, 0.2) is 5.75 Å². The summed E-state index contributed by atoms with van der Waals surface area (Å²) in [6, 6.07) is 16.2. The number of nitrogens with one attached hydrogen (secondary N) is 2. The maximum atomic E-state index is 6.04. The molecule has 0 aliphatic carbocycles. The van der Waals surface area contributed by atoms with Crippen molar-refractivity contribution in [2.75, 3.05) is 11.2 Å². The van der Waals surface area contributed by atoms with Crippen LogP contribution in [0.1, 0.15) is 24.5 Å². The van der Waals surface area contributed by atoms with Crippen molar-refractivity contribution in [3.63, 3.8) is 0 Å². The molecule has 2 atom stereocenters. The standard InChI is InChI=1S/C18H23N3OS/c1-13-6-8-15(9-7-13)21-22-16-5-3-4-14(12-16)18(2)10-11-23-17(19)20-18/h3-9,12,17,20-21H,10-11,19H2,1-2H3. The van der Waals surface area contributed by atoms with Crippen molar-refractivity contribution < 1.29 is 4.84 Å². The SMILES string of the molecule is Cc1ccc(NOc2cccc(C3(C)CCSC(N)N3)c2)cc1. The molecule has 3 rings (SSSR count). The fourth-order valence-electron chi connectivity index (χ4n) is 2.69. The summed E-state index contributed by atoms with van der Waals surface area (Å²) in [7, 11) is 0. The van der Waals surface area contributed by atoms with Crippen LogP contribution in [0.5, 0.6) is 5.75 Å². The summed E-state index contributed by atoms with van der Waals surface area (Å²) in [5.41, 5.74) is 12.2. The van der Waals surface area contributed by atoms with Crippen LogP contribution in [0.15, 0.2) is 48.5 Å². The minimum atomic E-state index is -0.117. The maximum absolute atomic E-state index is 6.04. The highest BCUT2D eigenvalue weighted by molar-refractivity contribution is 7.99. The lowest BCUT2D eigenvalue weighted by atomic mass is 9.89. The number of rotatable bonds is 4. The van der Waals surface area contributed by atoms with Gasteiger partial charge in [-0.2, -0.15) is 0 Å². The quantitative estimate of drug-likeness (QED) is 0.749. The fourth-order valence-corrected chi connectivity index (χ4v) is 3.81. The van der Waals surface area contributed by atoms with Crippen LogP contribution < -0.4 is 21.4 Å². The Hall–Kier alpha value is -1.69. The van der Waals surface area contributed by atoms with Crippen LogP contribution >= 0.6 is 11.8 Å². The van der Waals surface area contributed by atoms with Crippen LogP contribution in [0, 0.1) is 6.92 Å². The molecule has 1 aliphatic rings. The van der Waals surface area contributed by atoms with E-state index in [2.05, 4.69) is 36.8 Å². The van der Waals surface area contributed by atoms with Gasteiger partial charge < -0.3 is 10.6 Å². The van der Waals surface area contributed by atoms with E-state index in [-0.39, 0.29) is 11.0 Å². The molecule has 2 unspecified atom stereocenters. The minimum absolute atomic E-state index is 0.0241. The molecule has 2 aromatic rings. The summed E-state index contributed by atoms with van der Waals surface area (Å²) in [4.78, 5) is 5.72. The van der Waals surface area contributed by atoms with Gasteiger partial charge in [-0.05, 0) is 55.9 Å². The first-order valence-electron chi connectivity index (χ1n) is 7.80. The predicted molar refractivity (Wildman–Crippen MR) is 97.4 cm³/mol. The molecule has 1 aliphatic heterocycles. The zero-order chi connectivity index (χ0) is 16.3. The van der Waals surface area contributed by atoms with Crippen molar-refractivity contribution in [3.05, 3.63) is 59.7 Å². The average Bonchev–Trinajstić information content (AvgIpc) is 2.54. The number of nitrogens with two attached hydrogens (primary N) is 1. The van der Waals surface area contributed by atoms with E-state index < -0.39 is 0 Å². The molecule has 5 heteroatoms. The number of anilines is 1. The number of aryl methyl sites for hydroxylation is 1. The van der Waals surface area contributed by atoms with Crippen LogP contribution in [-0.2, 0) is 5.54 Å². The average molecular weight is 329 g/mol. The lowest BCUT2D eigenvalue weighted by Crippen LogP contribution is -2.52. The number of benzene rings is 2. The Morgan fingerprint density at radius 3 is 2.78 bits per heavy atom. The molecule has 122 valence electrons. The molecule has 1 heterocycles. The van der Waals surface area contributed by atoms with Crippen molar-refractivity contribution in [1.29, 1.82) is 0 Å². The summed E-state index contributed by atoms with van der Waals surface area (Å²) in [6.45, 7) is 4.26. The second-order valence-corrected chi connectivity index (χ2v) is 7.37. The third kappa shape index (κ3) is 3.99. The van der Waals surface area contributed by atoms with Crippen molar-refractivity contribution in [2.45, 2.75) is 31.3 Å². The smallest absolute Gasteiger partial charge is 0.155 e. The molecule has 1 saturated heterocycles. The highest BCUT2D eigenvalue weighted by Gasteiger charge is 2.32. The summed E-state index contributed by atoms with van der Waals surface area (Å²) < 4.78 is 0. The molecule has 23 heavy (non-hydrogen) atoms. The molecule has 0 radical (unpaired) electrons. The van der Waals surface area contributed by atoms with Gasteiger partial charge in [0, 0.05) is 5.54 Å². The van der Waals surface area contributed by atoms with E-state index in [1.165, 1.54) is 11.1 Å². The summed E-state index contributed by atoms with van der Waals surface area (Å²) in [6.07, 6.45) is 1.04.